The highest BCUT2D eigenvalue weighted by atomic mass is 32.2. The molecule has 1 amide bonds. The van der Waals surface area contributed by atoms with Gasteiger partial charge in [-0.15, -0.1) is 11.8 Å². The second-order valence-corrected chi connectivity index (χ2v) is 5.73. The van der Waals surface area contributed by atoms with E-state index in [1.165, 1.54) is 0 Å². The fourth-order valence-corrected chi connectivity index (χ4v) is 2.37. The van der Waals surface area contributed by atoms with Crippen molar-refractivity contribution in [1.29, 1.82) is 0 Å². The Morgan fingerprint density at radius 1 is 1.08 bits per heavy atom. The van der Waals surface area contributed by atoms with Crippen LogP contribution in [0.5, 0.6) is 0 Å². The summed E-state index contributed by atoms with van der Waals surface area (Å²) in [5.74, 6) is -0.448. The van der Waals surface area contributed by atoms with Crippen molar-refractivity contribution < 1.29 is 19.1 Å². The minimum atomic E-state index is -0.558. The molecule has 0 radical (unpaired) electrons. The molecular weight excluding hydrogens is 326 g/mol. The van der Waals surface area contributed by atoms with E-state index in [1.807, 2.05) is 30.5 Å². The highest BCUT2D eigenvalue weighted by molar-refractivity contribution is 7.98. The Kier molecular flexibility index (Phi) is 6.69. The normalized spacial score (nSPS) is 10.1. The molecule has 0 aromatic heterocycles. The van der Waals surface area contributed by atoms with Crippen LogP contribution in [0.2, 0.25) is 0 Å². The quantitative estimate of drug-likeness (QED) is 0.623. The number of ether oxygens (including phenoxy) is 2. The van der Waals surface area contributed by atoms with Gasteiger partial charge in [0.25, 0.3) is 0 Å². The van der Waals surface area contributed by atoms with E-state index in [-0.39, 0.29) is 13.2 Å². The summed E-state index contributed by atoms with van der Waals surface area (Å²) in [5.41, 5.74) is 1.76. The van der Waals surface area contributed by atoms with Gasteiger partial charge in [-0.2, -0.15) is 0 Å². The molecule has 6 heteroatoms. The molecule has 0 saturated heterocycles. The standard InChI is InChI=1S/C18H19NO4S/c1-3-22-18(21)19-15-6-4-5-14(11-15)17(20)23-12-13-7-9-16(24-2)10-8-13/h4-11H,3,12H2,1-2H3,(H,19,21). The van der Waals surface area contributed by atoms with E-state index in [9.17, 15) is 9.59 Å². The molecule has 0 heterocycles. The highest BCUT2D eigenvalue weighted by Crippen LogP contribution is 2.16. The van der Waals surface area contributed by atoms with Crippen LogP contribution in [-0.4, -0.2) is 24.9 Å². The average Bonchev–Trinajstić information content (AvgIpc) is 2.60. The average molecular weight is 345 g/mol. The number of carbonyl (C=O) groups excluding carboxylic acids is 2. The van der Waals surface area contributed by atoms with Crippen LogP contribution in [0.3, 0.4) is 0 Å². The zero-order valence-electron chi connectivity index (χ0n) is 13.6. The number of nitrogens with one attached hydrogen (secondary N) is 1. The fraction of sp³-hybridized carbons (Fsp3) is 0.222. The lowest BCUT2D eigenvalue weighted by atomic mass is 10.2. The first kappa shape index (κ1) is 17.9. The molecule has 0 saturated carbocycles. The third-order valence-electron chi connectivity index (χ3n) is 3.15. The molecule has 0 spiro atoms. The first-order chi connectivity index (χ1) is 11.6. The van der Waals surface area contributed by atoms with Crippen molar-refractivity contribution in [3.8, 4) is 0 Å². The van der Waals surface area contributed by atoms with Crippen molar-refractivity contribution in [2.45, 2.75) is 18.4 Å². The van der Waals surface area contributed by atoms with E-state index >= 15 is 0 Å². The molecule has 2 aromatic carbocycles. The molecule has 0 bridgehead atoms. The minimum Gasteiger partial charge on any atom is -0.457 e. The van der Waals surface area contributed by atoms with Crippen molar-refractivity contribution in [2.75, 3.05) is 18.2 Å². The Morgan fingerprint density at radius 2 is 1.83 bits per heavy atom. The predicted octanol–water partition coefficient (Wildman–Crippen LogP) is 4.33. The monoisotopic (exact) mass is 345 g/mol. The molecule has 126 valence electrons. The van der Waals surface area contributed by atoms with E-state index in [0.29, 0.717) is 11.3 Å². The van der Waals surface area contributed by atoms with E-state index in [4.69, 9.17) is 9.47 Å². The van der Waals surface area contributed by atoms with Crippen LogP contribution in [0, 0.1) is 0 Å². The predicted molar refractivity (Wildman–Crippen MR) is 94.4 cm³/mol. The second kappa shape index (κ2) is 8.98. The van der Waals surface area contributed by atoms with Gasteiger partial charge in [-0.05, 0) is 49.1 Å². The summed E-state index contributed by atoms with van der Waals surface area (Å²) in [4.78, 5) is 24.7. The van der Waals surface area contributed by atoms with Gasteiger partial charge < -0.3 is 9.47 Å². The largest absolute Gasteiger partial charge is 0.457 e. The number of carbonyl (C=O) groups is 2. The van der Waals surface area contributed by atoms with E-state index in [2.05, 4.69) is 5.32 Å². The van der Waals surface area contributed by atoms with Crippen molar-refractivity contribution in [2.24, 2.45) is 0 Å². The third kappa shape index (κ3) is 5.31. The number of thioether (sulfide) groups is 1. The van der Waals surface area contributed by atoms with E-state index < -0.39 is 12.1 Å². The van der Waals surface area contributed by atoms with Crippen LogP contribution in [0.25, 0.3) is 0 Å². The summed E-state index contributed by atoms with van der Waals surface area (Å²) in [5, 5.41) is 2.55. The molecule has 0 fully saturated rings. The van der Waals surface area contributed by atoms with Gasteiger partial charge in [-0.1, -0.05) is 18.2 Å². The number of hydrogen-bond acceptors (Lipinski definition) is 5. The zero-order chi connectivity index (χ0) is 17.4. The molecule has 2 rings (SSSR count). The van der Waals surface area contributed by atoms with Gasteiger partial charge in [-0.3, -0.25) is 5.32 Å². The van der Waals surface area contributed by atoms with Crippen LogP contribution in [0.4, 0.5) is 10.5 Å². The Hall–Kier alpha value is -2.47. The van der Waals surface area contributed by atoms with Crippen LogP contribution >= 0.6 is 11.8 Å². The molecule has 24 heavy (non-hydrogen) atoms. The topological polar surface area (TPSA) is 64.6 Å². The molecule has 0 unspecified atom stereocenters. The summed E-state index contributed by atoms with van der Waals surface area (Å²) in [7, 11) is 0. The lowest BCUT2D eigenvalue weighted by molar-refractivity contribution is 0.0472. The Balaban J connectivity index is 1.95. The number of hydrogen-bond donors (Lipinski definition) is 1. The van der Waals surface area contributed by atoms with Gasteiger partial charge >= 0.3 is 12.1 Å². The van der Waals surface area contributed by atoms with Crippen LogP contribution in [0.15, 0.2) is 53.4 Å². The first-order valence-electron chi connectivity index (χ1n) is 7.46. The SMILES string of the molecule is CCOC(=O)Nc1cccc(C(=O)OCc2ccc(SC)cc2)c1. The molecular formula is C18H19NO4S. The molecule has 0 atom stereocenters. The molecule has 0 aliphatic carbocycles. The minimum absolute atomic E-state index is 0.197. The molecule has 2 aromatic rings. The molecule has 5 nitrogen and oxygen atoms in total. The number of anilines is 1. The summed E-state index contributed by atoms with van der Waals surface area (Å²) in [6.07, 6.45) is 1.45. The van der Waals surface area contributed by atoms with Crippen molar-refractivity contribution in [3.05, 3.63) is 59.7 Å². The zero-order valence-corrected chi connectivity index (χ0v) is 14.4. The van der Waals surface area contributed by atoms with Gasteiger partial charge in [0.05, 0.1) is 12.2 Å². The van der Waals surface area contributed by atoms with Gasteiger partial charge in [0, 0.05) is 10.6 Å². The smallest absolute Gasteiger partial charge is 0.411 e. The van der Waals surface area contributed by atoms with Gasteiger partial charge in [0.2, 0.25) is 0 Å². The van der Waals surface area contributed by atoms with Crippen LogP contribution < -0.4 is 5.32 Å². The summed E-state index contributed by atoms with van der Waals surface area (Å²) in [6.45, 7) is 2.20. The lowest BCUT2D eigenvalue weighted by Gasteiger charge is -2.08. The van der Waals surface area contributed by atoms with Gasteiger partial charge in [0.15, 0.2) is 0 Å². The lowest BCUT2D eigenvalue weighted by Crippen LogP contribution is -2.14. The molecule has 1 N–H and O–H groups in total. The maximum Gasteiger partial charge on any atom is 0.411 e. The van der Waals surface area contributed by atoms with Crippen molar-refractivity contribution in [3.63, 3.8) is 0 Å². The molecule has 0 aliphatic heterocycles. The Labute approximate surface area is 145 Å². The molecule has 0 aliphatic rings. The maximum absolute atomic E-state index is 12.1. The van der Waals surface area contributed by atoms with Gasteiger partial charge in [-0.25, -0.2) is 9.59 Å². The highest BCUT2D eigenvalue weighted by Gasteiger charge is 2.10. The summed E-state index contributed by atoms with van der Waals surface area (Å²) in [6, 6.07) is 14.4. The summed E-state index contributed by atoms with van der Waals surface area (Å²) < 4.78 is 10.1. The number of amides is 1. The van der Waals surface area contributed by atoms with Crippen LogP contribution in [0.1, 0.15) is 22.8 Å². The van der Waals surface area contributed by atoms with Crippen molar-refractivity contribution in [1.82, 2.24) is 0 Å². The van der Waals surface area contributed by atoms with Gasteiger partial charge in [0.1, 0.15) is 6.61 Å². The first-order valence-corrected chi connectivity index (χ1v) is 8.68. The Bertz CT molecular complexity index is 700. The van der Waals surface area contributed by atoms with E-state index in [1.54, 1.807) is 43.0 Å². The number of rotatable bonds is 6. The fourth-order valence-electron chi connectivity index (χ4n) is 1.96. The van der Waals surface area contributed by atoms with Crippen molar-refractivity contribution >= 4 is 29.5 Å². The third-order valence-corrected chi connectivity index (χ3v) is 3.89. The number of benzene rings is 2. The Morgan fingerprint density at radius 3 is 2.50 bits per heavy atom. The second-order valence-electron chi connectivity index (χ2n) is 4.85. The van der Waals surface area contributed by atoms with E-state index in [0.717, 1.165) is 10.5 Å². The summed E-state index contributed by atoms with van der Waals surface area (Å²) >= 11 is 1.66. The maximum atomic E-state index is 12.1. The van der Waals surface area contributed by atoms with Crippen LogP contribution in [-0.2, 0) is 16.1 Å². The number of esters is 1.